The van der Waals surface area contributed by atoms with E-state index >= 15 is 0 Å². The van der Waals surface area contributed by atoms with Crippen molar-refractivity contribution in [2.45, 2.75) is 0 Å². The number of amides is 1. The Kier molecular flexibility index (Phi) is 6.17. The maximum absolute atomic E-state index is 13.5. The molecule has 1 aliphatic rings. The number of methoxy groups -OCH3 is 1. The molecular formula is C25H17BrClNO4. The van der Waals surface area contributed by atoms with Crippen molar-refractivity contribution in [2.24, 2.45) is 0 Å². The van der Waals surface area contributed by atoms with Crippen molar-refractivity contribution in [3.63, 3.8) is 0 Å². The number of rotatable bonds is 5. The lowest BCUT2D eigenvalue weighted by Crippen LogP contribution is -2.25. The molecule has 1 N–H and O–H groups in total. The first-order valence-corrected chi connectivity index (χ1v) is 10.8. The summed E-state index contributed by atoms with van der Waals surface area (Å²) in [6.45, 7) is 0. The maximum Gasteiger partial charge on any atom is 0.335 e. The first-order valence-electron chi connectivity index (χ1n) is 9.58. The molecule has 0 aliphatic carbocycles. The fourth-order valence-corrected chi connectivity index (χ4v) is 4.21. The molecule has 4 rings (SSSR count). The van der Waals surface area contributed by atoms with E-state index in [4.69, 9.17) is 16.3 Å². The third-order valence-corrected chi connectivity index (χ3v) is 5.92. The van der Waals surface area contributed by atoms with E-state index < -0.39 is 5.97 Å². The van der Waals surface area contributed by atoms with Crippen LogP contribution in [0.1, 0.15) is 21.5 Å². The van der Waals surface area contributed by atoms with E-state index in [1.54, 1.807) is 19.3 Å². The molecule has 32 heavy (non-hydrogen) atoms. The molecule has 0 fully saturated rings. The highest BCUT2D eigenvalue weighted by molar-refractivity contribution is 9.10. The summed E-state index contributed by atoms with van der Waals surface area (Å²) in [4.78, 5) is 26.5. The maximum atomic E-state index is 13.5. The van der Waals surface area contributed by atoms with Crippen LogP contribution < -0.4 is 9.64 Å². The molecule has 160 valence electrons. The predicted octanol–water partition coefficient (Wildman–Crippen LogP) is 6.28. The number of carbonyl (C=O) groups is 2. The Labute approximate surface area is 198 Å². The number of hydrogen-bond acceptors (Lipinski definition) is 3. The second-order valence-corrected chi connectivity index (χ2v) is 8.26. The molecule has 1 heterocycles. The Morgan fingerprint density at radius 2 is 1.84 bits per heavy atom. The van der Waals surface area contributed by atoms with Gasteiger partial charge in [0.1, 0.15) is 5.75 Å². The molecule has 1 aliphatic heterocycles. The number of carbonyl (C=O) groups excluding carboxylic acids is 1. The van der Waals surface area contributed by atoms with E-state index in [1.165, 1.54) is 23.1 Å². The average molecular weight is 511 g/mol. The molecule has 3 aromatic rings. The Balaban J connectivity index is 1.85. The predicted molar refractivity (Wildman–Crippen MR) is 129 cm³/mol. The fraction of sp³-hybridized carbons (Fsp3) is 0.0400. The third-order valence-electron chi connectivity index (χ3n) is 4.98. The van der Waals surface area contributed by atoms with Gasteiger partial charge < -0.3 is 9.84 Å². The first kappa shape index (κ1) is 21.9. The summed E-state index contributed by atoms with van der Waals surface area (Å²) in [6.07, 6.45) is 3.55. The third kappa shape index (κ3) is 4.20. The minimum atomic E-state index is -1.10. The van der Waals surface area contributed by atoms with Crippen LogP contribution in [0.25, 0.3) is 11.8 Å². The standard InChI is InChI=1S/C25H17BrClNO4/c1-32-23-10-7-15(12-19(23)26)11-18-14-21(16-5-3-2-4-6-16)28(24(18)29)22-13-17(25(30)31)8-9-20(22)27/h2-14H,1H3,(H,30,31)/b18-11+. The van der Waals surface area contributed by atoms with Gasteiger partial charge in [-0.1, -0.05) is 48.0 Å². The fourth-order valence-electron chi connectivity index (χ4n) is 3.45. The number of benzene rings is 3. The summed E-state index contributed by atoms with van der Waals surface area (Å²) < 4.78 is 6.03. The van der Waals surface area contributed by atoms with Crippen LogP contribution in [0.15, 0.2) is 82.9 Å². The molecule has 1 amide bonds. The van der Waals surface area contributed by atoms with Gasteiger partial charge in [0.05, 0.1) is 33.6 Å². The molecule has 0 unspecified atom stereocenters. The van der Waals surface area contributed by atoms with Gasteiger partial charge in [-0.25, -0.2) is 4.79 Å². The van der Waals surface area contributed by atoms with Gasteiger partial charge >= 0.3 is 5.97 Å². The Hall–Kier alpha value is -3.35. The van der Waals surface area contributed by atoms with Crippen molar-refractivity contribution in [3.8, 4) is 5.75 Å². The lowest BCUT2D eigenvalue weighted by molar-refractivity contribution is -0.113. The van der Waals surface area contributed by atoms with E-state index in [2.05, 4.69) is 15.9 Å². The number of nitrogens with zero attached hydrogens (tertiary/aromatic N) is 1. The second-order valence-electron chi connectivity index (χ2n) is 7.00. The normalized spacial score (nSPS) is 14.6. The van der Waals surface area contributed by atoms with Gasteiger partial charge in [0.25, 0.3) is 5.91 Å². The smallest absolute Gasteiger partial charge is 0.335 e. The summed E-state index contributed by atoms with van der Waals surface area (Å²) in [7, 11) is 1.58. The van der Waals surface area contributed by atoms with E-state index in [1.807, 2.05) is 48.5 Å². The molecule has 0 saturated carbocycles. The van der Waals surface area contributed by atoms with Gasteiger partial charge in [0.2, 0.25) is 0 Å². The topological polar surface area (TPSA) is 66.8 Å². The molecular weight excluding hydrogens is 494 g/mol. The van der Waals surface area contributed by atoms with E-state index in [0.29, 0.717) is 22.7 Å². The van der Waals surface area contributed by atoms with Crippen LogP contribution in [0.3, 0.4) is 0 Å². The highest BCUT2D eigenvalue weighted by Gasteiger charge is 2.32. The molecule has 0 aromatic heterocycles. The Morgan fingerprint density at radius 1 is 1.09 bits per heavy atom. The zero-order valence-corrected chi connectivity index (χ0v) is 19.2. The van der Waals surface area contributed by atoms with Gasteiger partial charge in [0.15, 0.2) is 0 Å². The Morgan fingerprint density at radius 3 is 2.50 bits per heavy atom. The summed E-state index contributed by atoms with van der Waals surface area (Å²) in [5.74, 6) is -0.719. The van der Waals surface area contributed by atoms with Crippen molar-refractivity contribution in [1.29, 1.82) is 0 Å². The first-order chi connectivity index (χ1) is 15.4. The van der Waals surface area contributed by atoms with Gasteiger partial charge in [-0.15, -0.1) is 0 Å². The number of carboxylic acids is 1. The van der Waals surface area contributed by atoms with Crippen molar-refractivity contribution < 1.29 is 19.4 Å². The largest absolute Gasteiger partial charge is 0.496 e. The molecule has 0 spiro atoms. The van der Waals surface area contributed by atoms with Gasteiger partial charge in [-0.2, -0.15) is 0 Å². The minimum absolute atomic E-state index is 0.0427. The van der Waals surface area contributed by atoms with E-state index in [-0.39, 0.29) is 16.5 Å². The summed E-state index contributed by atoms with van der Waals surface area (Å²) in [5.41, 5.74) is 3.01. The molecule has 5 nitrogen and oxygen atoms in total. The highest BCUT2D eigenvalue weighted by atomic mass is 79.9. The van der Waals surface area contributed by atoms with Crippen LogP contribution in [0.4, 0.5) is 5.69 Å². The Bertz CT molecular complexity index is 1280. The minimum Gasteiger partial charge on any atom is -0.496 e. The van der Waals surface area contributed by atoms with Crippen molar-refractivity contribution in [3.05, 3.63) is 105 Å². The van der Waals surface area contributed by atoms with Crippen LogP contribution in [0, 0.1) is 0 Å². The van der Waals surface area contributed by atoms with Gasteiger partial charge in [-0.3, -0.25) is 9.69 Å². The lowest BCUT2D eigenvalue weighted by atomic mass is 10.1. The molecule has 0 saturated heterocycles. The molecule has 0 radical (unpaired) electrons. The SMILES string of the molecule is COc1ccc(/C=C2\C=C(c3ccccc3)N(c3cc(C(=O)O)ccc3Cl)C2=O)cc1Br. The number of carboxylic acid groups (broad SMARTS) is 1. The van der Waals surface area contributed by atoms with Crippen molar-refractivity contribution in [1.82, 2.24) is 0 Å². The number of hydrogen-bond donors (Lipinski definition) is 1. The summed E-state index contributed by atoms with van der Waals surface area (Å²) >= 11 is 9.87. The van der Waals surface area contributed by atoms with E-state index in [0.717, 1.165) is 15.6 Å². The second kappa shape index (κ2) is 9.02. The number of halogens is 2. The molecule has 0 bridgehead atoms. The molecule has 3 aromatic carbocycles. The number of aromatic carboxylic acids is 1. The average Bonchev–Trinajstić information content (AvgIpc) is 3.10. The zero-order valence-electron chi connectivity index (χ0n) is 16.9. The van der Waals surface area contributed by atoms with Crippen LogP contribution in [0.2, 0.25) is 5.02 Å². The lowest BCUT2D eigenvalue weighted by Gasteiger charge is -2.22. The van der Waals surface area contributed by atoms with Crippen molar-refractivity contribution >= 4 is 56.9 Å². The highest BCUT2D eigenvalue weighted by Crippen LogP contribution is 2.39. The van der Waals surface area contributed by atoms with Crippen LogP contribution >= 0.6 is 27.5 Å². The van der Waals surface area contributed by atoms with Gasteiger partial charge in [0, 0.05) is 5.57 Å². The van der Waals surface area contributed by atoms with Crippen LogP contribution in [-0.4, -0.2) is 24.1 Å². The number of ether oxygens (including phenoxy) is 1. The monoisotopic (exact) mass is 509 g/mol. The molecule has 0 atom stereocenters. The van der Waals surface area contributed by atoms with Crippen LogP contribution in [0.5, 0.6) is 5.75 Å². The number of anilines is 1. The summed E-state index contributed by atoms with van der Waals surface area (Å²) in [6, 6.07) is 19.2. The van der Waals surface area contributed by atoms with Crippen molar-refractivity contribution in [2.75, 3.05) is 12.0 Å². The van der Waals surface area contributed by atoms with E-state index in [9.17, 15) is 14.7 Å². The van der Waals surface area contributed by atoms with Crippen LogP contribution in [-0.2, 0) is 4.79 Å². The zero-order chi connectivity index (χ0) is 22.8. The quantitative estimate of drug-likeness (QED) is 0.410. The molecule has 7 heteroatoms. The summed E-state index contributed by atoms with van der Waals surface area (Å²) in [5, 5.41) is 9.70. The van der Waals surface area contributed by atoms with Gasteiger partial charge in [-0.05, 0) is 69.5 Å².